The van der Waals surface area contributed by atoms with E-state index in [1.54, 1.807) is 35.2 Å². The maximum absolute atomic E-state index is 13.2. The molecule has 0 aromatic heterocycles. The fourth-order valence-electron chi connectivity index (χ4n) is 4.20. The lowest BCUT2D eigenvalue weighted by molar-refractivity contribution is -0.145. The summed E-state index contributed by atoms with van der Waals surface area (Å²) in [5, 5.41) is 10.6. The van der Waals surface area contributed by atoms with Gasteiger partial charge in [-0.3, -0.25) is 9.59 Å². The molecule has 1 spiro atoms. The Kier molecular flexibility index (Phi) is 3.80. The van der Waals surface area contributed by atoms with Crippen molar-refractivity contribution >= 4 is 23.5 Å². The number of nitrogens with zero attached hydrogens (tertiary/aromatic N) is 1. The summed E-state index contributed by atoms with van der Waals surface area (Å²) in [5.74, 6) is -1.62. The third-order valence-electron chi connectivity index (χ3n) is 5.54. The fraction of sp³-hybridized carbons (Fsp3) is 0.300. The van der Waals surface area contributed by atoms with Crippen molar-refractivity contribution in [2.45, 2.75) is 37.3 Å². The first-order valence-electron chi connectivity index (χ1n) is 8.41. The van der Waals surface area contributed by atoms with Crippen LogP contribution in [0.3, 0.4) is 0 Å². The van der Waals surface area contributed by atoms with Gasteiger partial charge in [0.25, 0.3) is 5.91 Å². The molecule has 1 unspecified atom stereocenters. The molecule has 1 aliphatic carbocycles. The van der Waals surface area contributed by atoms with Gasteiger partial charge >= 0.3 is 5.97 Å². The molecule has 5 heteroatoms. The molecule has 1 saturated carbocycles. The minimum Gasteiger partial charge on any atom is -0.481 e. The minimum absolute atomic E-state index is 0.0808. The molecule has 25 heavy (non-hydrogen) atoms. The second-order valence-corrected chi connectivity index (χ2v) is 7.27. The zero-order valence-corrected chi connectivity index (χ0v) is 14.4. The molecule has 1 N–H and O–H groups in total. The number of carbonyl (C=O) groups is 2. The number of aliphatic carboxylic acids is 1. The Morgan fingerprint density at radius 1 is 1.16 bits per heavy atom. The van der Waals surface area contributed by atoms with Crippen LogP contribution in [0, 0.1) is 0 Å². The van der Waals surface area contributed by atoms with Gasteiger partial charge in [-0.1, -0.05) is 41.9 Å². The van der Waals surface area contributed by atoms with E-state index in [9.17, 15) is 14.7 Å². The van der Waals surface area contributed by atoms with E-state index in [-0.39, 0.29) is 5.91 Å². The third kappa shape index (κ3) is 2.44. The molecule has 1 aliphatic heterocycles. The molecular formula is C20H18ClNO3. The van der Waals surface area contributed by atoms with Gasteiger partial charge < -0.3 is 10.0 Å². The lowest BCUT2D eigenvalue weighted by atomic mass is 9.61. The van der Waals surface area contributed by atoms with Crippen LogP contribution in [0.2, 0.25) is 5.02 Å². The molecule has 1 heterocycles. The zero-order chi connectivity index (χ0) is 17.6. The molecule has 1 amide bonds. The standard InChI is InChI=1S/C20H18ClNO3/c21-14-8-6-13(7-9-14)12-22-18(23)16-5-2-1-4-15(16)17(19(24)25)20(22)10-3-11-20/h1-2,4-9,17H,3,10-12H2,(H,24,25). The Hall–Kier alpha value is -2.33. The van der Waals surface area contributed by atoms with Crippen molar-refractivity contribution < 1.29 is 14.7 Å². The number of benzene rings is 2. The molecule has 1 atom stereocenters. The number of hydrogen-bond acceptors (Lipinski definition) is 2. The molecule has 2 aliphatic rings. The van der Waals surface area contributed by atoms with E-state index in [1.807, 2.05) is 18.2 Å². The highest BCUT2D eigenvalue weighted by Crippen LogP contribution is 2.52. The SMILES string of the molecule is O=C(O)C1c2ccccc2C(=O)N(Cc2ccc(Cl)cc2)C12CCC2. The first-order valence-corrected chi connectivity index (χ1v) is 8.79. The largest absolute Gasteiger partial charge is 0.481 e. The van der Waals surface area contributed by atoms with Gasteiger partial charge in [0.2, 0.25) is 0 Å². The van der Waals surface area contributed by atoms with E-state index < -0.39 is 17.4 Å². The molecule has 2 aromatic carbocycles. The summed E-state index contributed by atoms with van der Waals surface area (Å²) in [6, 6.07) is 14.5. The molecule has 128 valence electrons. The van der Waals surface area contributed by atoms with Gasteiger partial charge in [-0.05, 0) is 48.6 Å². The van der Waals surface area contributed by atoms with Crippen LogP contribution >= 0.6 is 11.6 Å². The third-order valence-corrected chi connectivity index (χ3v) is 5.79. The van der Waals surface area contributed by atoms with E-state index in [0.29, 0.717) is 22.7 Å². The average Bonchev–Trinajstić information content (AvgIpc) is 2.57. The van der Waals surface area contributed by atoms with Gasteiger partial charge in [0, 0.05) is 17.1 Å². The molecule has 1 fully saturated rings. The summed E-state index contributed by atoms with van der Waals surface area (Å²) in [5.41, 5.74) is 1.47. The van der Waals surface area contributed by atoms with Crippen LogP contribution in [0.15, 0.2) is 48.5 Å². The molecule has 0 saturated heterocycles. The van der Waals surface area contributed by atoms with Gasteiger partial charge in [-0.25, -0.2) is 0 Å². The summed E-state index contributed by atoms with van der Waals surface area (Å²) in [4.78, 5) is 27.1. The normalized spacial score (nSPS) is 20.9. The predicted molar refractivity (Wildman–Crippen MR) is 94.7 cm³/mol. The Balaban J connectivity index is 1.81. The van der Waals surface area contributed by atoms with Gasteiger partial charge in [0.15, 0.2) is 0 Å². The summed E-state index contributed by atoms with van der Waals surface area (Å²) in [6.45, 7) is 0.397. The van der Waals surface area contributed by atoms with Gasteiger partial charge in [0.05, 0.1) is 5.54 Å². The predicted octanol–water partition coefficient (Wildman–Crippen LogP) is 4.09. The lowest BCUT2D eigenvalue weighted by Gasteiger charge is -2.56. The van der Waals surface area contributed by atoms with E-state index >= 15 is 0 Å². The van der Waals surface area contributed by atoms with E-state index in [2.05, 4.69) is 0 Å². The van der Waals surface area contributed by atoms with E-state index in [4.69, 9.17) is 11.6 Å². The molecule has 4 nitrogen and oxygen atoms in total. The number of rotatable bonds is 3. The monoisotopic (exact) mass is 355 g/mol. The second-order valence-electron chi connectivity index (χ2n) is 6.83. The number of halogens is 1. The first-order chi connectivity index (χ1) is 12.0. The number of carboxylic acids is 1. The summed E-state index contributed by atoms with van der Waals surface area (Å²) in [6.07, 6.45) is 2.38. The average molecular weight is 356 g/mol. The number of hydrogen-bond donors (Lipinski definition) is 1. The smallest absolute Gasteiger partial charge is 0.313 e. The molecule has 2 aromatic rings. The fourth-order valence-corrected chi connectivity index (χ4v) is 4.32. The summed E-state index contributed by atoms with van der Waals surface area (Å²) in [7, 11) is 0. The topological polar surface area (TPSA) is 57.6 Å². The molecular weight excluding hydrogens is 338 g/mol. The van der Waals surface area contributed by atoms with Crippen LogP contribution in [0.5, 0.6) is 0 Å². The quantitative estimate of drug-likeness (QED) is 0.902. The van der Waals surface area contributed by atoms with Crippen LogP contribution in [0.4, 0.5) is 0 Å². The van der Waals surface area contributed by atoms with E-state index in [0.717, 1.165) is 24.8 Å². The van der Waals surface area contributed by atoms with Crippen molar-refractivity contribution in [2.24, 2.45) is 0 Å². The van der Waals surface area contributed by atoms with Crippen molar-refractivity contribution in [2.75, 3.05) is 0 Å². The van der Waals surface area contributed by atoms with Crippen molar-refractivity contribution in [3.05, 3.63) is 70.2 Å². The lowest BCUT2D eigenvalue weighted by Crippen LogP contribution is -2.63. The number of amides is 1. The highest BCUT2D eigenvalue weighted by Gasteiger charge is 2.57. The Morgan fingerprint density at radius 2 is 1.84 bits per heavy atom. The van der Waals surface area contributed by atoms with E-state index in [1.165, 1.54) is 0 Å². The summed E-state index contributed by atoms with van der Waals surface area (Å²) < 4.78 is 0. The van der Waals surface area contributed by atoms with Crippen molar-refractivity contribution in [1.29, 1.82) is 0 Å². The van der Waals surface area contributed by atoms with Crippen molar-refractivity contribution in [3.8, 4) is 0 Å². The number of fused-ring (bicyclic) bond motifs is 1. The minimum atomic E-state index is -0.860. The maximum Gasteiger partial charge on any atom is 0.313 e. The second kappa shape index (κ2) is 5.88. The Labute approximate surface area is 151 Å². The summed E-state index contributed by atoms with van der Waals surface area (Å²) >= 11 is 5.95. The van der Waals surface area contributed by atoms with Crippen LogP contribution < -0.4 is 0 Å². The van der Waals surface area contributed by atoms with Gasteiger partial charge in [-0.2, -0.15) is 0 Å². The van der Waals surface area contributed by atoms with Crippen LogP contribution in [0.1, 0.15) is 46.7 Å². The first kappa shape index (κ1) is 16.2. The highest BCUT2D eigenvalue weighted by atomic mass is 35.5. The van der Waals surface area contributed by atoms with Crippen LogP contribution in [-0.2, 0) is 11.3 Å². The van der Waals surface area contributed by atoms with Crippen molar-refractivity contribution in [1.82, 2.24) is 4.90 Å². The zero-order valence-electron chi connectivity index (χ0n) is 13.6. The van der Waals surface area contributed by atoms with Gasteiger partial charge in [-0.15, -0.1) is 0 Å². The van der Waals surface area contributed by atoms with Crippen molar-refractivity contribution in [3.63, 3.8) is 0 Å². The van der Waals surface area contributed by atoms with Crippen LogP contribution in [-0.4, -0.2) is 27.4 Å². The highest BCUT2D eigenvalue weighted by molar-refractivity contribution is 6.30. The van der Waals surface area contributed by atoms with Gasteiger partial charge in [0.1, 0.15) is 5.92 Å². The molecule has 0 bridgehead atoms. The Morgan fingerprint density at radius 3 is 2.44 bits per heavy atom. The number of carboxylic acid groups (broad SMARTS) is 1. The van der Waals surface area contributed by atoms with Crippen LogP contribution in [0.25, 0.3) is 0 Å². The molecule has 0 radical (unpaired) electrons. The maximum atomic E-state index is 13.2. The number of carbonyl (C=O) groups excluding carboxylic acids is 1. The molecule has 4 rings (SSSR count). The Bertz CT molecular complexity index is 842.